The van der Waals surface area contributed by atoms with Gasteiger partial charge in [0.15, 0.2) is 11.6 Å². The van der Waals surface area contributed by atoms with Crippen LogP contribution in [0.4, 0.5) is 8.78 Å². The zero-order chi connectivity index (χ0) is 22.4. The maximum Gasteiger partial charge on any atom is 0.292 e. The van der Waals surface area contributed by atoms with Gasteiger partial charge in [-0.2, -0.15) is 4.98 Å². The number of rotatable bonds is 8. The first-order valence-electron chi connectivity index (χ1n) is 9.87. The van der Waals surface area contributed by atoms with Crippen molar-refractivity contribution in [2.24, 2.45) is 0 Å². The number of nitrogens with zero attached hydrogens (tertiary/aromatic N) is 2. The highest BCUT2D eigenvalue weighted by molar-refractivity contribution is 6.30. The van der Waals surface area contributed by atoms with Crippen molar-refractivity contribution in [2.45, 2.75) is 33.1 Å². The Morgan fingerprint density at radius 1 is 1.19 bits per heavy atom. The molecule has 0 bridgehead atoms. The Hall–Kier alpha value is -3.06. The molecule has 1 amide bonds. The molecule has 3 aromatic rings. The third kappa shape index (κ3) is 5.98. The van der Waals surface area contributed by atoms with Gasteiger partial charge in [0.25, 0.3) is 11.7 Å². The highest BCUT2D eigenvalue weighted by atomic mass is 35.5. The standard InChI is InChI=1S/C23H22ClF2N3O2/c1-3-4-16(18-13-17(24)7-5-14(18)2)9-10-27-23(30)22-28-21(31-29-22)12-15-6-8-19(25)20(26)11-15/h4-8,11,13H,3,9-10,12H2,1-2H3,(H,27,30)/b16-4-. The van der Waals surface area contributed by atoms with E-state index in [-0.39, 0.29) is 18.1 Å². The van der Waals surface area contributed by atoms with Gasteiger partial charge in [0, 0.05) is 11.6 Å². The van der Waals surface area contributed by atoms with E-state index < -0.39 is 17.5 Å². The lowest BCUT2D eigenvalue weighted by atomic mass is 9.97. The summed E-state index contributed by atoms with van der Waals surface area (Å²) in [6.07, 6.45) is 3.67. The van der Waals surface area contributed by atoms with Crippen molar-refractivity contribution < 1.29 is 18.1 Å². The van der Waals surface area contributed by atoms with Gasteiger partial charge in [-0.05, 0) is 66.3 Å². The van der Waals surface area contributed by atoms with E-state index in [1.165, 1.54) is 6.07 Å². The molecule has 0 saturated heterocycles. The van der Waals surface area contributed by atoms with E-state index >= 15 is 0 Å². The number of hydrogen-bond donors (Lipinski definition) is 1. The molecule has 0 aliphatic rings. The van der Waals surface area contributed by atoms with E-state index in [4.69, 9.17) is 16.1 Å². The van der Waals surface area contributed by atoms with Crippen LogP contribution >= 0.6 is 11.6 Å². The number of aryl methyl sites for hydroxylation is 1. The van der Waals surface area contributed by atoms with Crippen LogP contribution in [0.25, 0.3) is 5.57 Å². The number of nitrogens with one attached hydrogen (secondary N) is 1. The summed E-state index contributed by atoms with van der Waals surface area (Å²) in [6, 6.07) is 9.23. The van der Waals surface area contributed by atoms with Crippen molar-refractivity contribution >= 4 is 23.1 Å². The summed E-state index contributed by atoms with van der Waals surface area (Å²) in [7, 11) is 0. The minimum atomic E-state index is -0.958. The van der Waals surface area contributed by atoms with Crippen molar-refractivity contribution in [3.05, 3.63) is 87.5 Å². The van der Waals surface area contributed by atoms with Crippen molar-refractivity contribution in [3.63, 3.8) is 0 Å². The molecule has 0 aliphatic carbocycles. The molecule has 2 aromatic carbocycles. The molecule has 162 valence electrons. The minimum absolute atomic E-state index is 0.0922. The van der Waals surface area contributed by atoms with Gasteiger partial charge in [-0.1, -0.05) is 41.9 Å². The normalized spacial score (nSPS) is 11.6. The number of aromatic nitrogens is 2. The lowest BCUT2D eigenvalue weighted by Crippen LogP contribution is -2.25. The molecule has 0 spiro atoms. The van der Waals surface area contributed by atoms with Gasteiger partial charge < -0.3 is 9.84 Å². The summed E-state index contributed by atoms with van der Waals surface area (Å²) in [5, 5.41) is 7.11. The lowest BCUT2D eigenvalue weighted by Gasteiger charge is -2.12. The summed E-state index contributed by atoms with van der Waals surface area (Å²) < 4.78 is 31.4. The molecule has 0 fully saturated rings. The number of carbonyl (C=O) groups excluding carboxylic acids is 1. The summed E-state index contributed by atoms with van der Waals surface area (Å²) in [6.45, 7) is 4.44. The number of allylic oxidation sites excluding steroid dienone is 1. The van der Waals surface area contributed by atoms with Crippen LogP contribution in [-0.2, 0) is 6.42 Å². The molecule has 5 nitrogen and oxygen atoms in total. The Morgan fingerprint density at radius 2 is 2.00 bits per heavy atom. The van der Waals surface area contributed by atoms with Gasteiger partial charge in [0.05, 0.1) is 6.42 Å². The Kier molecular flexibility index (Phi) is 7.52. The fourth-order valence-corrected chi connectivity index (χ4v) is 3.34. The zero-order valence-corrected chi connectivity index (χ0v) is 18.0. The first-order valence-corrected chi connectivity index (χ1v) is 10.3. The second kappa shape index (κ2) is 10.3. The van der Waals surface area contributed by atoms with Crippen molar-refractivity contribution in [1.82, 2.24) is 15.5 Å². The second-order valence-electron chi connectivity index (χ2n) is 7.04. The van der Waals surface area contributed by atoms with Gasteiger partial charge in [0.2, 0.25) is 5.89 Å². The first kappa shape index (κ1) is 22.6. The molecular formula is C23H22ClF2N3O2. The van der Waals surface area contributed by atoms with Gasteiger partial charge >= 0.3 is 0 Å². The maximum atomic E-state index is 13.3. The molecule has 0 radical (unpaired) electrons. The number of halogens is 3. The topological polar surface area (TPSA) is 68.0 Å². The summed E-state index contributed by atoms with van der Waals surface area (Å²) in [4.78, 5) is 16.4. The van der Waals surface area contributed by atoms with Gasteiger partial charge in [-0.15, -0.1) is 0 Å². The molecule has 1 heterocycles. The van der Waals surface area contributed by atoms with Crippen molar-refractivity contribution in [3.8, 4) is 0 Å². The number of carbonyl (C=O) groups is 1. The number of hydrogen-bond acceptors (Lipinski definition) is 4. The molecule has 8 heteroatoms. The minimum Gasteiger partial charge on any atom is -0.349 e. The summed E-state index contributed by atoms with van der Waals surface area (Å²) in [5.41, 5.74) is 3.71. The van der Waals surface area contributed by atoms with Crippen LogP contribution in [0, 0.1) is 18.6 Å². The Balaban J connectivity index is 1.59. The maximum absolute atomic E-state index is 13.3. The second-order valence-corrected chi connectivity index (χ2v) is 7.48. The van der Waals surface area contributed by atoms with Crippen LogP contribution < -0.4 is 5.32 Å². The highest BCUT2D eigenvalue weighted by Gasteiger charge is 2.16. The number of amides is 1. The van der Waals surface area contributed by atoms with E-state index in [1.807, 2.05) is 32.0 Å². The first-order chi connectivity index (χ1) is 14.9. The molecule has 0 aliphatic heterocycles. The molecule has 1 N–H and O–H groups in total. The third-order valence-corrected chi connectivity index (χ3v) is 4.92. The average molecular weight is 446 g/mol. The molecule has 0 unspecified atom stereocenters. The van der Waals surface area contributed by atoms with Gasteiger partial charge in [-0.3, -0.25) is 4.79 Å². The van der Waals surface area contributed by atoms with E-state index in [2.05, 4.69) is 21.5 Å². The Morgan fingerprint density at radius 3 is 2.74 bits per heavy atom. The van der Waals surface area contributed by atoms with E-state index in [0.29, 0.717) is 23.6 Å². The zero-order valence-electron chi connectivity index (χ0n) is 17.2. The fourth-order valence-electron chi connectivity index (χ4n) is 3.17. The van der Waals surface area contributed by atoms with Crippen LogP contribution in [0.2, 0.25) is 5.02 Å². The van der Waals surface area contributed by atoms with E-state index in [0.717, 1.165) is 35.3 Å². The molecule has 31 heavy (non-hydrogen) atoms. The van der Waals surface area contributed by atoms with E-state index in [1.54, 1.807) is 0 Å². The van der Waals surface area contributed by atoms with Crippen LogP contribution in [0.15, 0.2) is 47.0 Å². The highest BCUT2D eigenvalue weighted by Crippen LogP contribution is 2.25. The molecular weight excluding hydrogens is 424 g/mol. The largest absolute Gasteiger partial charge is 0.349 e. The Bertz CT molecular complexity index is 1110. The van der Waals surface area contributed by atoms with Crippen LogP contribution in [0.3, 0.4) is 0 Å². The fraction of sp³-hybridized carbons (Fsp3) is 0.261. The van der Waals surface area contributed by atoms with E-state index in [9.17, 15) is 13.6 Å². The average Bonchev–Trinajstić information content (AvgIpc) is 3.20. The number of benzene rings is 2. The van der Waals surface area contributed by atoms with Crippen molar-refractivity contribution in [1.29, 1.82) is 0 Å². The third-order valence-electron chi connectivity index (χ3n) is 4.69. The molecule has 3 rings (SSSR count). The van der Waals surface area contributed by atoms with Crippen LogP contribution in [-0.4, -0.2) is 22.6 Å². The monoisotopic (exact) mass is 445 g/mol. The van der Waals surface area contributed by atoms with Crippen LogP contribution in [0.1, 0.15) is 53.0 Å². The van der Waals surface area contributed by atoms with Gasteiger partial charge in [-0.25, -0.2) is 8.78 Å². The predicted octanol–water partition coefficient (Wildman–Crippen LogP) is 5.51. The summed E-state index contributed by atoms with van der Waals surface area (Å²) in [5.74, 6) is -2.34. The quantitative estimate of drug-likeness (QED) is 0.496. The summed E-state index contributed by atoms with van der Waals surface area (Å²) >= 11 is 6.14. The SMILES string of the molecule is CC/C=C(/CCNC(=O)c1noc(Cc2ccc(F)c(F)c2)n1)c1cc(Cl)ccc1C. The lowest BCUT2D eigenvalue weighted by molar-refractivity contribution is 0.0941. The Labute approximate surface area is 184 Å². The van der Waals surface area contributed by atoms with Crippen LogP contribution in [0.5, 0.6) is 0 Å². The smallest absolute Gasteiger partial charge is 0.292 e. The van der Waals surface area contributed by atoms with Crippen molar-refractivity contribution in [2.75, 3.05) is 6.54 Å². The van der Waals surface area contributed by atoms with Gasteiger partial charge in [0.1, 0.15) is 0 Å². The molecule has 1 aromatic heterocycles. The predicted molar refractivity (Wildman–Crippen MR) is 115 cm³/mol. The molecule has 0 saturated carbocycles. The molecule has 0 atom stereocenters.